The van der Waals surface area contributed by atoms with Crippen molar-refractivity contribution in [1.82, 2.24) is 5.32 Å². The Bertz CT molecular complexity index is 1680. The van der Waals surface area contributed by atoms with Crippen LogP contribution in [0.15, 0.2) is 72.9 Å². The van der Waals surface area contributed by atoms with Gasteiger partial charge in [-0.2, -0.15) is 0 Å². The van der Waals surface area contributed by atoms with Crippen LogP contribution < -0.4 is 10.2 Å². The number of quaternary nitrogens is 1. The molecule has 9 heteroatoms. The van der Waals surface area contributed by atoms with Crippen LogP contribution >= 0.6 is 7.82 Å². The summed E-state index contributed by atoms with van der Waals surface area (Å²) >= 11 is 0. The fourth-order valence-electron chi connectivity index (χ4n) is 11.6. The summed E-state index contributed by atoms with van der Waals surface area (Å²) in [6.45, 7) is 4.66. The van der Waals surface area contributed by atoms with E-state index in [1.54, 1.807) is 6.08 Å². The smallest absolute Gasteiger partial charge is 0.268 e. The molecule has 8 nitrogen and oxygen atoms in total. The van der Waals surface area contributed by atoms with Gasteiger partial charge in [0.1, 0.15) is 13.2 Å². The minimum atomic E-state index is -4.62. The third-order valence-corrected chi connectivity index (χ3v) is 18.6. The third-order valence-electron chi connectivity index (χ3n) is 17.6. The quantitative estimate of drug-likeness (QED) is 0.0272. The predicted molar refractivity (Wildman–Crippen MR) is 390 cm³/mol. The maximum absolute atomic E-state index is 13.1. The van der Waals surface area contributed by atoms with E-state index in [-0.39, 0.29) is 12.5 Å². The normalized spacial score (nSPS) is 13.9. The Morgan fingerprint density at radius 3 is 0.989 bits per heavy atom. The molecule has 0 aliphatic heterocycles. The number of rotatable bonds is 72. The van der Waals surface area contributed by atoms with E-state index in [1.165, 1.54) is 302 Å². The second kappa shape index (κ2) is 70.3. The number of carbonyl (C=O) groups excluding carboxylic acids is 1. The molecular formula is C80H151N2O6P. The molecule has 0 saturated heterocycles. The first-order valence-electron chi connectivity index (χ1n) is 38.8. The van der Waals surface area contributed by atoms with E-state index < -0.39 is 26.6 Å². The summed E-state index contributed by atoms with van der Waals surface area (Å²) in [6.07, 6.45) is 99.2. The number of carbonyl (C=O) groups is 1. The topological polar surface area (TPSA) is 108 Å². The number of amides is 1. The highest BCUT2D eigenvalue weighted by atomic mass is 31.2. The van der Waals surface area contributed by atoms with Crippen LogP contribution in [0.3, 0.4) is 0 Å². The maximum Gasteiger partial charge on any atom is 0.268 e. The van der Waals surface area contributed by atoms with Gasteiger partial charge in [-0.1, -0.05) is 363 Å². The Morgan fingerprint density at radius 1 is 0.393 bits per heavy atom. The van der Waals surface area contributed by atoms with E-state index in [2.05, 4.69) is 79.9 Å². The van der Waals surface area contributed by atoms with Gasteiger partial charge in [0.15, 0.2) is 0 Å². The average Bonchev–Trinajstić information content (AvgIpc) is 3.57. The number of unbranched alkanes of at least 4 members (excludes halogenated alkanes) is 49. The van der Waals surface area contributed by atoms with E-state index in [9.17, 15) is 19.4 Å². The first-order chi connectivity index (χ1) is 43.5. The van der Waals surface area contributed by atoms with Gasteiger partial charge >= 0.3 is 0 Å². The number of aliphatic hydroxyl groups excluding tert-OH is 1. The first kappa shape index (κ1) is 86.9. The van der Waals surface area contributed by atoms with Crippen molar-refractivity contribution >= 4 is 13.7 Å². The number of phosphoric ester groups is 1. The van der Waals surface area contributed by atoms with Gasteiger partial charge in [-0.15, -0.1) is 0 Å². The molecule has 0 heterocycles. The van der Waals surface area contributed by atoms with E-state index >= 15 is 0 Å². The molecule has 0 bridgehead atoms. The SMILES string of the molecule is CCCCCCC/C=C\C/C=C\C/C=C\CCCCCCCCCCCCCCCCCCCCCCCCC(=O)NC(COP(=O)([O-])OCC[N+](C)(C)C)C(O)/C=C/CC/C=C/CC/C=C/CCCCCCCCCCCCCCCCCCCCCC. The van der Waals surface area contributed by atoms with Gasteiger partial charge in [0.25, 0.3) is 7.82 Å². The van der Waals surface area contributed by atoms with E-state index in [1.807, 2.05) is 27.2 Å². The zero-order valence-corrected chi connectivity index (χ0v) is 60.8. The van der Waals surface area contributed by atoms with Crippen molar-refractivity contribution in [2.75, 3.05) is 40.9 Å². The molecule has 0 aromatic heterocycles. The summed E-state index contributed by atoms with van der Waals surface area (Å²) in [5, 5.41) is 14.0. The highest BCUT2D eigenvalue weighted by Gasteiger charge is 2.23. The van der Waals surface area contributed by atoms with Gasteiger partial charge in [-0.25, -0.2) is 0 Å². The lowest BCUT2D eigenvalue weighted by molar-refractivity contribution is -0.870. The van der Waals surface area contributed by atoms with Crippen LogP contribution in [-0.4, -0.2) is 68.5 Å². The molecule has 522 valence electrons. The summed E-state index contributed by atoms with van der Waals surface area (Å²) in [7, 11) is 1.25. The highest BCUT2D eigenvalue weighted by Crippen LogP contribution is 2.38. The molecule has 0 aromatic carbocycles. The molecule has 0 saturated carbocycles. The van der Waals surface area contributed by atoms with Crippen LogP contribution in [0.2, 0.25) is 0 Å². The standard InChI is InChI=1S/C80H151N2O6P/c1-6-8-10-12-14-16-18-20-22-24-26-28-30-32-34-36-38-39-40-41-42-43-44-46-48-50-52-54-56-58-60-62-64-66-68-70-72-74-80(84)81-78(77-88-89(85,86)87-76-75-82(3,4)5)79(83)73-71-69-67-65-63-61-59-57-55-53-51-49-47-45-37-35-33-31-29-27-25-23-21-19-17-15-13-11-9-7-2/h18,20,24,26,30,32,55,57,63,65,71,73,78-79,83H,6-17,19,21-23,25,27-29,31,33-54,56,58-62,64,66-70,72,74-77H2,1-5H3,(H-,81,84,85,86)/b20-18-,26-24-,32-30-,57-55+,65-63+,73-71+. The number of hydrogen-bond acceptors (Lipinski definition) is 6. The summed E-state index contributed by atoms with van der Waals surface area (Å²) < 4.78 is 23.5. The zero-order chi connectivity index (χ0) is 64.8. The van der Waals surface area contributed by atoms with Gasteiger partial charge in [-0.05, 0) is 83.5 Å². The fraction of sp³-hybridized carbons (Fsp3) is 0.838. The van der Waals surface area contributed by atoms with Crippen LogP contribution in [-0.2, 0) is 18.4 Å². The molecule has 3 atom stereocenters. The van der Waals surface area contributed by atoms with Crippen LogP contribution in [0.5, 0.6) is 0 Å². The monoisotopic (exact) mass is 1270 g/mol. The third kappa shape index (κ3) is 73.2. The van der Waals surface area contributed by atoms with Gasteiger partial charge in [-0.3, -0.25) is 9.36 Å². The van der Waals surface area contributed by atoms with Crippen molar-refractivity contribution in [3.63, 3.8) is 0 Å². The van der Waals surface area contributed by atoms with Crippen LogP contribution in [0.1, 0.15) is 380 Å². The molecule has 0 aliphatic carbocycles. The number of nitrogens with zero attached hydrogens (tertiary/aromatic N) is 1. The Morgan fingerprint density at radius 2 is 0.663 bits per heavy atom. The van der Waals surface area contributed by atoms with Crippen molar-refractivity contribution in [2.24, 2.45) is 0 Å². The molecular weight excluding hydrogens is 1120 g/mol. The lowest BCUT2D eigenvalue weighted by atomic mass is 10.0. The zero-order valence-electron chi connectivity index (χ0n) is 59.9. The van der Waals surface area contributed by atoms with E-state index in [4.69, 9.17) is 9.05 Å². The highest BCUT2D eigenvalue weighted by molar-refractivity contribution is 7.45. The van der Waals surface area contributed by atoms with Gasteiger partial charge in [0.2, 0.25) is 5.91 Å². The average molecular weight is 1270 g/mol. The molecule has 3 unspecified atom stereocenters. The van der Waals surface area contributed by atoms with Gasteiger partial charge in [0, 0.05) is 6.42 Å². The number of likely N-dealkylation sites (N-methyl/N-ethyl adjacent to an activating group) is 1. The second-order valence-corrected chi connectivity index (χ2v) is 29.1. The van der Waals surface area contributed by atoms with Crippen molar-refractivity contribution < 1.29 is 32.9 Å². The Labute approximate surface area is 554 Å². The number of phosphoric acid groups is 1. The molecule has 0 spiro atoms. The summed E-state index contributed by atoms with van der Waals surface area (Å²) in [6, 6.07) is -0.913. The molecule has 0 radical (unpaired) electrons. The van der Waals surface area contributed by atoms with E-state index in [0.29, 0.717) is 17.4 Å². The largest absolute Gasteiger partial charge is 0.756 e. The molecule has 1 amide bonds. The van der Waals surface area contributed by atoms with E-state index in [0.717, 1.165) is 57.8 Å². The Hall–Kier alpha value is -2.06. The first-order valence-corrected chi connectivity index (χ1v) is 40.3. The Balaban J connectivity index is 4.03. The Kier molecular flexibility index (Phi) is 68.6. The number of hydrogen-bond donors (Lipinski definition) is 2. The summed E-state index contributed by atoms with van der Waals surface area (Å²) in [5.74, 6) is -0.206. The predicted octanol–water partition coefficient (Wildman–Crippen LogP) is 24.7. The van der Waals surface area contributed by atoms with Crippen LogP contribution in [0.25, 0.3) is 0 Å². The minimum Gasteiger partial charge on any atom is -0.756 e. The van der Waals surface area contributed by atoms with Crippen LogP contribution in [0, 0.1) is 0 Å². The molecule has 0 fully saturated rings. The number of nitrogens with one attached hydrogen (secondary N) is 1. The van der Waals surface area contributed by atoms with Gasteiger partial charge < -0.3 is 28.8 Å². The number of allylic oxidation sites excluding steroid dienone is 11. The molecule has 2 N–H and O–H groups in total. The molecule has 89 heavy (non-hydrogen) atoms. The summed E-state index contributed by atoms with van der Waals surface area (Å²) in [4.78, 5) is 25.7. The molecule has 0 rings (SSSR count). The fourth-order valence-corrected chi connectivity index (χ4v) is 12.3. The molecule has 0 aliphatic rings. The lowest BCUT2D eigenvalue weighted by Gasteiger charge is -2.29. The molecule has 0 aromatic rings. The summed E-state index contributed by atoms with van der Waals surface area (Å²) in [5.41, 5.74) is 0. The van der Waals surface area contributed by atoms with Crippen LogP contribution in [0.4, 0.5) is 0 Å². The lowest BCUT2D eigenvalue weighted by Crippen LogP contribution is -2.45. The van der Waals surface area contributed by atoms with Crippen molar-refractivity contribution in [3.8, 4) is 0 Å². The van der Waals surface area contributed by atoms with Crippen molar-refractivity contribution in [1.29, 1.82) is 0 Å². The maximum atomic E-state index is 13.1. The van der Waals surface area contributed by atoms with Crippen molar-refractivity contribution in [2.45, 2.75) is 392 Å². The second-order valence-electron chi connectivity index (χ2n) is 27.7. The number of aliphatic hydroxyl groups is 1. The van der Waals surface area contributed by atoms with Gasteiger partial charge in [0.05, 0.1) is 39.9 Å². The minimum absolute atomic E-state index is 0.00922. The van der Waals surface area contributed by atoms with Crippen molar-refractivity contribution in [3.05, 3.63) is 72.9 Å².